The van der Waals surface area contributed by atoms with Crippen molar-refractivity contribution in [2.75, 3.05) is 0 Å². The first kappa shape index (κ1) is 17.9. The summed E-state index contributed by atoms with van der Waals surface area (Å²) in [5.41, 5.74) is 8.17. The van der Waals surface area contributed by atoms with E-state index in [-0.39, 0.29) is 11.8 Å². The van der Waals surface area contributed by atoms with Gasteiger partial charge < -0.3 is 0 Å². The van der Waals surface area contributed by atoms with Crippen LogP contribution in [-0.4, -0.2) is 21.8 Å². The van der Waals surface area contributed by atoms with E-state index in [2.05, 4.69) is 20.8 Å². The Balaban J connectivity index is 1.92. The van der Waals surface area contributed by atoms with Crippen LogP contribution in [0.25, 0.3) is 0 Å². The molecular formula is C17H20N4O2S. The molecule has 1 aromatic carbocycles. The minimum atomic E-state index is -0.339. The van der Waals surface area contributed by atoms with Crippen molar-refractivity contribution in [2.45, 2.75) is 38.1 Å². The molecule has 2 N–H and O–H groups in total. The summed E-state index contributed by atoms with van der Waals surface area (Å²) in [5.74, 6) is 0.149. The number of amides is 2. The molecule has 2 rings (SSSR count). The maximum atomic E-state index is 11.9. The van der Waals surface area contributed by atoms with Crippen LogP contribution in [0.5, 0.6) is 0 Å². The Morgan fingerprint density at radius 1 is 1.04 bits per heavy atom. The molecule has 7 heteroatoms. The highest BCUT2D eigenvalue weighted by molar-refractivity contribution is 7.98. The standard InChI is InChI=1S/C17H20N4O2S/c1-4-15(22)20-21-16(23)14-7-5-13(6-8-14)10-24-17-18-11(2)9-12(3)19-17/h5-9H,4,10H2,1-3H3,(H,20,22)(H,21,23). The molecule has 0 spiro atoms. The van der Waals surface area contributed by atoms with E-state index in [1.807, 2.05) is 32.0 Å². The molecule has 1 heterocycles. The van der Waals surface area contributed by atoms with Crippen molar-refractivity contribution in [3.63, 3.8) is 0 Å². The van der Waals surface area contributed by atoms with E-state index in [0.29, 0.717) is 12.0 Å². The molecule has 0 atom stereocenters. The zero-order valence-electron chi connectivity index (χ0n) is 13.9. The Morgan fingerprint density at radius 2 is 1.67 bits per heavy atom. The van der Waals surface area contributed by atoms with Crippen LogP contribution in [0.3, 0.4) is 0 Å². The van der Waals surface area contributed by atoms with Gasteiger partial charge in [-0.2, -0.15) is 0 Å². The average Bonchev–Trinajstić information content (AvgIpc) is 2.57. The third-order valence-electron chi connectivity index (χ3n) is 3.18. The third-order valence-corrected chi connectivity index (χ3v) is 4.10. The van der Waals surface area contributed by atoms with Crippen molar-refractivity contribution >= 4 is 23.6 Å². The Labute approximate surface area is 145 Å². The smallest absolute Gasteiger partial charge is 0.269 e. The molecule has 0 radical (unpaired) electrons. The number of nitrogens with zero attached hydrogens (tertiary/aromatic N) is 2. The summed E-state index contributed by atoms with van der Waals surface area (Å²) in [6, 6.07) is 9.16. The highest BCUT2D eigenvalue weighted by atomic mass is 32.2. The number of rotatable bonds is 5. The highest BCUT2D eigenvalue weighted by Gasteiger charge is 2.07. The first-order valence-electron chi connectivity index (χ1n) is 7.61. The summed E-state index contributed by atoms with van der Waals surface area (Å²) in [4.78, 5) is 31.8. The molecule has 0 fully saturated rings. The number of hydrogen-bond acceptors (Lipinski definition) is 5. The van der Waals surface area contributed by atoms with Gasteiger partial charge in [0.1, 0.15) is 0 Å². The van der Waals surface area contributed by atoms with E-state index in [1.165, 1.54) is 0 Å². The zero-order chi connectivity index (χ0) is 17.5. The van der Waals surface area contributed by atoms with E-state index in [4.69, 9.17) is 0 Å². The molecule has 0 aliphatic rings. The molecule has 1 aromatic heterocycles. The number of nitrogens with one attached hydrogen (secondary N) is 2. The van der Waals surface area contributed by atoms with Crippen LogP contribution in [0, 0.1) is 13.8 Å². The minimum Gasteiger partial charge on any atom is -0.273 e. The molecule has 0 saturated heterocycles. The van der Waals surface area contributed by atoms with Crippen LogP contribution in [0.15, 0.2) is 35.5 Å². The second-order valence-corrected chi connectivity index (χ2v) is 6.22. The van der Waals surface area contributed by atoms with E-state index in [0.717, 1.165) is 27.9 Å². The van der Waals surface area contributed by atoms with Gasteiger partial charge in [-0.3, -0.25) is 20.4 Å². The number of hydrazine groups is 1. The van der Waals surface area contributed by atoms with Crippen LogP contribution in [0.2, 0.25) is 0 Å². The number of thioether (sulfide) groups is 1. The normalized spacial score (nSPS) is 10.3. The van der Waals surface area contributed by atoms with Gasteiger partial charge in [0.2, 0.25) is 5.91 Å². The van der Waals surface area contributed by atoms with E-state index in [9.17, 15) is 9.59 Å². The van der Waals surface area contributed by atoms with Gasteiger partial charge in [0.25, 0.3) is 5.91 Å². The number of aryl methyl sites for hydroxylation is 2. The molecule has 126 valence electrons. The van der Waals surface area contributed by atoms with E-state index < -0.39 is 0 Å². The highest BCUT2D eigenvalue weighted by Crippen LogP contribution is 2.20. The van der Waals surface area contributed by atoms with Crippen LogP contribution < -0.4 is 10.9 Å². The summed E-state index contributed by atoms with van der Waals surface area (Å²) in [5, 5.41) is 0.747. The van der Waals surface area contributed by atoms with Gasteiger partial charge in [-0.25, -0.2) is 9.97 Å². The Morgan fingerprint density at radius 3 is 2.25 bits per heavy atom. The van der Waals surface area contributed by atoms with Crippen LogP contribution in [-0.2, 0) is 10.5 Å². The Hall–Kier alpha value is -2.41. The van der Waals surface area contributed by atoms with E-state index in [1.54, 1.807) is 30.8 Å². The molecular weight excluding hydrogens is 324 g/mol. The second-order valence-electron chi connectivity index (χ2n) is 5.27. The topological polar surface area (TPSA) is 84.0 Å². The molecule has 0 unspecified atom stereocenters. The predicted octanol–water partition coefficient (Wildman–Crippen LogP) is 2.56. The van der Waals surface area contributed by atoms with Gasteiger partial charge in [-0.05, 0) is 37.6 Å². The molecule has 2 aromatic rings. The molecule has 0 saturated carbocycles. The lowest BCUT2D eigenvalue weighted by atomic mass is 10.1. The van der Waals surface area contributed by atoms with Crippen molar-refractivity contribution in [1.29, 1.82) is 0 Å². The lowest BCUT2D eigenvalue weighted by Crippen LogP contribution is -2.41. The molecule has 0 bridgehead atoms. The monoisotopic (exact) mass is 344 g/mol. The van der Waals surface area contributed by atoms with Gasteiger partial charge >= 0.3 is 0 Å². The fourth-order valence-corrected chi connectivity index (χ4v) is 2.85. The zero-order valence-corrected chi connectivity index (χ0v) is 14.7. The minimum absolute atomic E-state index is 0.232. The van der Waals surface area contributed by atoms with Crippen LogP contribution >= 0.6 is 11.8 Å². The van der Waals surface area contributed by atoms with Gasteiger partial charge in [0.15, 0.2) is 5.16 Å². The SMILES string of the molecule is CCC(=O)NNC(=O)c1ccc(CSc2nc(C)cc(C)n2)cc1. The van der Waals surface area contributed by atoms with Gasteiger partial charge in [-0.15, -0.1) is 0 Å². The largest absolute Gasteiger partial charge is 0.273 e. The molecule has 0 aliphatic carbocycles. The fraction of sp³-hybridized carbons (Fsp3) is 0.294. The lowest BCUT2D eigenvalue weighted by Gasteiger charge is -2.07. The van der Waals surface area contributed by atoms with Crippen LogP contribution in [0.4, 0.5) is 0 Å². The van der Waals surface area contributed by atoms with Gasteiger partial charge in [-0.1, -0.05) is 30.8 Å². The number of aromatic nitrogens is 2. The molecule has 0 aliphatic heterocycles. The van der Waals surface area contributed by atoms with Crippen molar-refractivity contribution in [2.24, 2.45) is 0 Å². The summed E-state index contributed by atoms with van der Waals surface area (Å²) in [6.45, 7) is 5.61. The summed E-state index contributed by atoms with van der Waals surface area (Å²) in [6.07, 6.45) is 0.316. The Bertz CT molecular complexity index is 712. The third kappa shape index (κ3) is 5.34. The van der Waals surface area contributed by atoms with Crippen molar-refractivity contribution in [1.82, 2.24) is 20.8 Å². The van der Waals surface area contributed by atoms with Crippen molar-refractivity contribution in [3.05, 3.63) is 52.8 Å². The second kappa shape index (κ2) is 8.44. The summed E-state index contributed by atoms with van der Waals surface area (Å²) in [7, 11) is 0. The summed E-state index contributed by atoms with van der Waals surface area (Å²) >= 11 is 1.55. The fourth-order valence-electron chi connectivity index (χ4n) is 1.95. The van der Waals surface area contributed by atoms with Crippen molar-refractivity contribution < 1.29 is 9.59 Å². The first-order valence-corrected chi connectivity index (χ1v) is 8.59. The first-order chi connectivity index (χ1) is 11.5. The van der Waals surface area contributed by atoms with Crippen molar-refractivity contribution in [3.8, 4) is 0 Å². The maximum Gasteiger partial charge on any atom is 0.269 e. The van der Waals surface area contributed by atoms with E-state index >= 15 is 0 Å². The number of carbonyl (C=O) groups is 2. The average molecular weight is 344 g/mol. The van der Waals surface area contributed by atoms with Crippen LogP contribution in [0.1, 0.15) is 40.7 Å². The summed E-state index contributed by atoms with van der Waals surface area (Å²) < 4.78 is 0. The molecule has 24 heavy (non-hydrogen) atoms. The Kier molecular flexibility index (Phi) is 6.31. The maximum absolute atomic E-state index is 11.9. The predicted molar refractivity (Wildman–Crippen MR) is 93.4 cm³/mol. The van der Waals surface area contributed by atoms with Gasteiger partial charge in [0.05, 0.1) is 0 Å². The number of carbonyl (C=O) groups excluding carboxylic acids is 2. The quantitative estimate of drug-likeness (QED) is 0.495. The number of hydrogen-bond donors (Lipinski definition) is 2. The lowest BCUT2D eigenvalue weighted by molar-refractivity contribution is -0.121. The molecule has 6 nitrogen and oxygen atoms in total. The number of benzene rings is 1. The van der Waals surface area contributed by atoms with Gasteiger partial charge in [0, 0.05) is 29.1 Å². The molecule has 2 amide bonds.